The molecule has 0 radical (unpaired) electrons. The van der Waals surface area contributed by atoms with Crippen LogP contribution in [0, 0.1) is 0 Å². The van der Waals surface area contributed by atoms with E-state index in [0.717, 1.165) is 17.8 Å². The van der Waals surface area contributed by atoms with Crippen molar-refractivity contribution in [2.45, 2.75) is 19.6 Å². The summed E-state index contributed by atoms with van der Waals surface area (Å²) in [6.45, 7) is 1.70. The largest absolute Gasteiger partial charge is 0.416 e. The molecule has 2 heterocycles. The summed E-state index contributed by atoms with van der Waals surface area (Å²) < 4.78 is 40.6. The second kappa shape index (κ2) is 10.2. The lowest BCUT2D eigenvalue weighted by Gasteiger charge is -2.12. The smallest absolute Gasteiger partial charge is 0.338 e. The first-order valence-electron chi connectivity index (χ1n) is 11.6. The molecular formula is C27H22F3N7O. The van der Waals surface area contributed by atoms with Crippen molar-refractivity contribution in [3.63, 3.8) is 0 Å². The third kappa shape index (κ3) is 5.72. The van der Waals surface area contributed by atoms with Gasteiger partial charge in [-0.1, -0.05) is 30.3 Å². The SMILES string of the molecule is CC(=O)Nc1ccc(Nc2nc(Nc3ccccc3)nc3c2ncn3Cc2ccc(C(F)(F)F)cc2)cc1. The van der Waals surface area contributed by atoms with Gasteiger partial charge < -0.3 is 20.5 Å². The Labute approximate surface area is 215 Å². The van der Waals surface area contributed by atoms with Gasteiger partial charge in [-0.3, -0.25) is 4.79 Å². The topological polar surface area (TPSA) is 96.8 Å². The van der Waals surface area contributed by atoms with Crippen molar-refractivity contribution in [3.05, 3.63) is 96.3 Å². The second-order valence-electron chi connectivity index (χ2n) is 8.51. The molecule has 38 heavy (non-hydrogen) atoms. The van der Waals surface area contributed by atoms with E-state index in [9.17, 15) is 18.0 Å². The molecule has 1 amide bonds. The minimum Gasteiger partial charge on any atom is -0.338 e. The van der Waals surface area contributed by atoms with Gasteiger partial charge in [0, 0.05) is 24.0 Å². The molecule has 0 bridgehead atoms. The van der Waals surface area contributed by atoms with E-state index in [1.807, 2.05) is 30.3 Å². The lowest BCUT2D eigenvalue weighted by atomic mass is 10.1. The highest BCUT2D eigenvalue weighted by Gasteiger charge is 2.30. The van der Waals surface area contributed by atoms with E-state index in [1.165, 1.54) is 19.1 Å². The lowest BCUT2D eigenvalue weighted by molar-refractivity contribution is -0.137. The van der Waals surface area contributed by atoms with Crippen LogP contribution >= 0.6 is 0 Å². The minimum atomic E-state index is -4.40. The maximum atomic E-state index is 13.0. The van der Waals surface area contributed by atoms with Crippen LogP contribution < -0.4 is 16.0 Å². The molecule has 0 unspecified atom stereocenters. The van der Waals surface area contributed by atoms with Crippen LogP contribution in [0.4, 0.5) is 42.0 Å². The summed E-state index contributed by atoms with van der Waals surface area (Å²) in [5.74, 6) is 0.584. The molecule has 8 nitrogen and oxygen atoms in total. The van der Waals surface area contributed by atoms with Crippen LogP contribution in [0.2, 0.25) is 0 Å². The molecular weight excluding hydrogens is 495 g/mol. The molecule has 3 aromatic carbocycles. The van der Waals surface area contributed by atoms with Crippen LogP contribution in [-0.2, 0) is 17.5 Å². The van der Waals surface area contributed by atoms with Gasteiger partial charge in [0.2, 0.25) is 11.9 Å². The summed E-state index contributed by atoms with van der Waals surface area (Å²) in [6.07, 6.45) is -2.82. The number of rotatable bonds is 7. The highest BCUT2D eigenvalue weighted by molar-refractivity contribution is 5.89. The van der Waals surface area contributed by atoms with E-state index >= 15 is 0 Å². The zero-order chi connectivity index (χ0) is 26.7. The lowest BCUT2D eigenvalue weighted by Crippen LogP contribution is -2.07. The van der Waals surface area contributed by atoms with Crippen molar-refractivity contribution in [2.24, 2.45) is 0 Å². The van der Waals surface area contributed by atoms with Crippen molar-refractivity contribution >= 4 is 45.9 Å². The molecule has 5 rings (SSSR count). The number of anilines is 5. The molecule has 0 aliphatic rings. The van der Waals surface area contributed by atoms with E-state index in [0.29, 0.717) is 39.9 Å². The van der Waals surface area contributed by atoms with E-state index in [4.69, 9.17) is 0 Å². The first-order valence-corrected chi connectivity index (χ1v) is 11.6. The number of halogens is 3. The number of imidazole rings is 1. The number of benzene rings is 3. The first kappa shape index (κ1) is 24.8. The number of aromatic nitrogens is 4. The molecule has 0 saturated carbocycles. The van der Waals surface area contributed by atoms with Crippen molar-refractivity contribution in [2.75, 3.05) is 16.0 Å². The number of alkyl halides is 3. The monoisotopic (exact) mass is 517 g/mol. The zero-order valence-corrected chi connectivity index (χ0v) is 20.1. The maximum absolute atomic E-state index is 13.0. The number of nitrogens with zero attached hydrogens (tertiary/aromatic N) is 4. The Kier molecular flexibility index (Phi) is 6.65. The number of fused-ring (bicyclic) bond motifs is 1. The molecule has 0 saturated heterocycles. The molecule has 0 aliphatic heterocycles. The van der Waals surface area contributed by atoms with Crippen LogP contribution in [-0.4, -0.2) is 25.4 Å². The van der Waals surface area contributed by atoms with Gasteiger partial charge >= 0.3 is 6.18 Å². The molecule has 0 fully saturated rings. The Balaban J connectivity index is 1.49. The van der Waals surface area contributed by atoms with Crippen LogP contribution in [0.25, 0.3) is 11.2 Å². The average molecular weight is 518 g/mol. The molecule has 11 heteroatoms. The standard InChI is InChI=1S/C27H22F3N7O/c1-17(38)32-21-11-13-22(14-12-21)33-24-23-25(36-26(35-24)34-20-5-3-2-4-6-20)37(16-31-23)15-18-7-9-19(10-8-18)27(28,29)30/h2-14,16H,15H2,1H3,(H,32,38)(H2,33,34,35,36). The summed E-state index contributed by atoms with van der Waals surface area (Å²) >= 11 is 0. The summed E-state index contributed by atoms with van der Waals surface area (Å²) in [5.41, 5.74) is 3.09. The zero-order valence-electron chi connectivity index (χ0n) is 20.1. The van der Waals surface area contributed by atoms with Crippen LogP contribution in [0.5, 0.6) is 0 Å². The highest BCUT2D eigenvalue weighted by Crippen LogP contribution is 2.30. The number of para-hydroxylation sites is 1. The molecule has 3 N–H and O–H groups in total. The van der Waals surface area contributed by atoms with Gasteiger partial charge in [0.25, 0.3) is 0 Å². The maximum Gasteiger partial charge on any atom is 0.416 e. The van der Waals surface area contributed by atoms with Crippen molar-refractivity contribution in [3.8, 4) is 0 Å². The number of hydrogen-bond acceptors (Lipinski definition) is 6. The third-order valence-electron chi connectivity index (χ3n) is 5.60. The summed E-state index contributed by atoms with van der Waals surface area (Å²) in [6, 6.07) is 21.5. The Morgan fingerprint density at radius 2 is 1.50 bits per heavy atom. The molecule has 2 aromatic heterocycles. The van der Waals surface area contributed by atoms with Gasteiger partial charge in [-0.25, -0.2) is 4.98 Å². The Hall–Kier alpha value is -4.93. The normalized spacial score (nSPS) is 11.4. The summed E-state index contributed by atoms with van der Waals surface area (Å²) in [7, 11) is 0. The molecule has 5 aromatic rings. The highest BCUT2D eigenvalue weighted by atomic mass is 19.4. The summed E-state index contributed by atoms with van der Waals surface area (Å²) in [5, 5.41) is 9.15. The third-order valence-corrected chi connectivity index (χ3v) is 5.60. The van der Waals surface area contributed by atoms with E-state index in [-0.39, 0.29) is 12.5 Å². The van der Waals surface area contributed by atoms with Gasteiger partial charge in [0.15, 0.2) is 17.0 Å². The van der Waals surface area contributed by atoms with Gasteiger partial charge in [-0.2, -0.15) is 23.1 Å². The fourth-order valence-electron chi connectivity index (χ4n) is 3.83. The average Bonchev–Trinajstić information content (AvgIpc) is 3.28. The number of amides is 1. The number of hydrogen-bond donors (Lipinski definition) is 3. The van der Waals surface area contributed by atoms with Crippen molar-refractivity contribution in [1.82, 2.24) is 19.5 Å². The fraction of sp³-hybridized carbons (Fsp3) is 0.111. The Morgan fingerprint density at radius 3 is 2.16 bits per heavy atom. The summed E-state index contributed by atoms with van der Waals surface area (Å²) in [4.78, 5) is 25.0. The predicted octanol–water partition coefficient (Wildman–Crippen LogP) is 6.34. The van der Waals surface area contributed by atoms with E-state index < -0.39 is 11.7 Å². The van der Waals surface area contributed by atoms with E-state index in [2.05, 4.69) is 30.9 Å². The Bertz CT molecular complexity index is 1570. The van der Waals surface area contributed by atoms with Gasteiger partial charge in [0.05, 0.1) is 18.4 Å². The predicted molar refractivity (Wildman–Crippen MR) is 140 cm³/mol. The minimum absolute atomic E-state index is 0.168. The quantitative estimate of drug-likeness (QED) is 0.233. The van der Waals surface area contributed by atoms with Crippen molar-refractivity contribution < 1.29 is 18.0 Å². The van der Waals surface area contributed by atoms with Crippen LogP contribution in [0.1, 0.15) is 18.1 Å². The molecule has 0 atom stereocenters. The van der Waals surface area contributed by atoms with Gasteiger partial charge in [-0.05, 0) is 54.1 Å². The van der Waals surface area contributed by atoms with Gasteiger partial charge in [-0.15, -0.1) is 0 Å². The van der Waals surface area contributed by atoms with Gasteiger partial charge in [0.1, 0.15) is 0 Å². The molecule has 0 spiro atoms. The van der Waals surface area contributed by atoms with E-state index in [1.54, 1.807) is 35.2 Å². The fourth-order valence-corrected chi connectivity index (χ4v) is 3.83. The number of carbonyl (C=O) groups excluding carboxylic acids is 1. The Morgan fingerprint density at radius 1 is 0.842 bits per heavy atom. The first-order chi connectivity index (χ1) is 18.2. The van der Waals surface area contributed by atoms with Crippen LogP contribution in [0.15, 0.2) is 85.2 Å². The molecule has 192 valence electrons. The van der Waals surface area contributed by atoms with Crippen LogP contribution in [0.3, 0.4) is 0 Å². The number of nitrogens with one attached hydrogen (secondary N) is 3. The van der Waals surface area contributed by atoms with Crippen molar-refractivity contribution in [1.29, 1.82) is 0 Å². The number of carbonyl (C=O) groups is 1. The molecule has 0 aliphatic carbocycles. The second-order valence-corrected chi connectivity index (χ2v) is 8.51.